The second-order valence-corrected chi connectivity index (χ2v) is 9.59. The molecular formula is C23H23FN2O3S2. The molecule has 0 bridgehead atoms. The first kappa shape index (κ1) is 23.0. The highest BCUT2D eigenvalue weighted by Crippen LogP contribution is 2.26. The van der Waals surface area contributed by atoms with Gasteiger partial charge >= 0.3 is 0 Å². The third-order valence-electron chi connectivity index (χ3n) is 4.72. The van der Waals surface area contributed by atoms with Gasteiger partial charge in [0.25, 0.3) is 0 Å². The lowest BCUT2D eigenvalue weighted by Gasteiger charge is -2.02. The molecule has 2 heterocycles. The molecule has 0 aliphatic rings. The number of carbonyl (C=O) groups excluding carboxylic acids is 3. The standard InChI is InChI=1S/C23H23FN2O3S2/c1-14-7-11-20(30-14)19(28)10-8-17(27)9-12-22(29)26-23-25-15(2)21(31-23)13-16-5-3-4-6-18(16)24/h3-7,11H,8-10,12-13H2,1-2H3,(H,25,26,29). The predicted molar refractivity (Wildman–Crippen MR) is 122 cm³/mol. The Morgan fingerprint density at radius 3 is 2.42 bits per heavy atom. The van der Waals surface area contributed by atoms with Gasteiger partial charge in [-0.25, -0.2) is 9.37 Å². The smallest absolute Gasteiger partial charge is 0.226 e. The summed E-state index contributed by atoms with van der Waals surface area (Å²) >= 11 is 2.72. The Morgan fingerprint density at radius 1 is 0.968 bits per heavy atom. The topological polar surface area (TPSA) is 76.1 Å². The van der Waals surface area contributed by atoms with Gasteiger partial charge in [-0.15, -0.1) is 22.7 Å². The van der Waals surface area contributed by atoms with Crippen molar-refractivity contribution in [3.8, 4) is 0 Å². The van der Waals surface area contributed by atoms with Gasteiger partial charge in [-0.2, -0.15) is 0 Å². The SMILES string of the molecule is Cc1ccc(C(=O)CCC(=O)CCC(=O)Nc2nc(C)c(Cc3ccccc3F)s2)s1. The van der Waals surface area contributed by atoms with Crippen LogP contribution in [-0.2, 0) is 16.0 Å². The molecule has 1 amide bonds. The van der Waals surface area contributed by atoms with E-state index in [0.717, 1.165) is 15.4 Å². The summed E-state index contributed by atoms with van der Waals surface area (Å²) in [6.45, 7) is 3.75. The molecule has 3 aromatic rings. The monoisotopic (exact) mass is 458 g/mol. The Labute approximate surface area is 188 Å². The number of anilines is 1. The van der Waals surface area contributed by atoms with Gasteiger partial charge < -0.3 is 5.32 Å². The van der Waals surface area contributed by atoms with Crippen molar-refractivity contribution >= 4 is 45.3 Å². The number of amides is 1. The lowest BCUT2D eigenvalue weighted by molar-refractivity contribution is -0.122. The summed E-state index contributed by atoms with van der Waals surface area (Å²) in [5.41, 5.74) is 1.31. The van der Waals surface area contributed by atoms with Gasteiger partial charge in [-0.3, -0.25) is 14.4 Å². The molecule has 31 heavy (non-hydrogen) atoms. The third kappa shape index (κ3) is 6.63. The fourth-order valence-electron chi connectivity index (χ4n) is 2.98. The van der Waals surface area contributed by atoms with E-state index in [2.05, 4.69) is 10.3 Å². The third-order valence-corrected chi connectivity index (χ3v) is 6.84. The van der Waals surface area contributed by atoms with Crippen molar-refractivity contribution in [1.82, 2.24) is 4.98 Å². The van der Waals surface area contributed by atoms with Crippen molar-refractivity contribution in [3.05, 3.63) is 68.1 Å². The van der Waals surface area contributed by atoms with Gasteiger partial charge in [0.2, 0.25) is 5.91 Å². The molecule has 2 aromatic heterocycles. The van der Waals surface area contributed by atoms with Crippen molar-refractivity contribution in [2.75, 3.05) is 5.32 Å². The number of hydrogen-bond donors (Lipinski definition) is 1. The van der Waals surface area contributed by atoms with E-state index in [1.807, 2.05) is 19.9 Å². The molecule has 0 saturated carbocycles. The second kappa shape index (κ2) is 10.5. The van der Waals surface area contributed by atoms with Crippen molar-refractivity contribution in [2.24, 2.45) is 0 Å². The maximum absolute atomic E-state index is 13.9. The molecular weight excluding hydrogens is 435 g/mol. The molecule has 162 valence electrons. The molecule has 0 atom stereocenters. The molecule has 0 unspecified atom stereocenters. The van der Waals surface area contributed by atoms with E-state index in [1.165, 1.54) is 28.7 Å². The highest BCUT2D eigenvalue weighted by atomic mass is 32.1. The van der Waals surface area contributed by atoms with Gasteiger partial charge in [-0.1, -0.05) is 18.2 Å². The van der Waals surface area contributed by atoms with Gasteiger partial charge in [0, 0.05) is 41.9 Å². The Bertz CT molecular complexity index is 1100. The summed E-state index contributed by atoms with van der Waals surface area (Å²) in [7, 11) is 0. The van der Waals surface area contributed by atoms with Gasteiger partial charge in [0.15, 0.2) is 10.9 Å². The highest BCUT2D eigenvalue weighted by molar-refractivity contribution is 7.16. The van der Waals surface area contributed by atoms with Gasteiger partial charge in [0.05, 0.1) is 10.6 Å². The maximum Gasteiger partial charge on any atom is 0.226 e. The lowest BCUT2D eigenvalue weighted by atomic mass is 10.1. The molecule has 0 spiro atoms. The van der Waals surface area contributed by atoms with E-state index in [0.29, 0.717) is 22.0 Å². The molecule has 0 saturated heterocycles. The maximum atomic E-state index is 13.9. The Hall–Kier alpha value is -2.71. The van der Waals surface area contributed by atoms with Crippen molar-refractivity contribution in [2.45, 2.75) is 46.0 Å². The van der Waals surface area contributed by atoms with Gasteiger partial charge in [0.1, 0.15) is 11.6 Å². The quantitative estimate of drug-likeness (QED) is 0.407. The van der Waals surface area contributed by atoms with Crippen LogP contribution in [0.5, 0.6) is 0 Å². The summed E-state index contributed by atoms with van der Waals surface area (Å²) in [6, 6.07) is 10.2. The first-order valence-corrected chi connectivity index (χ1v) is 11.6. The van der Waals surface area contributed by atoms with E-state index in [4.69, 9.17) is 0 Å². The summed E-state index contributed by atoms with van der Waals surface area (Å²) in [5.74, 6) is -0.740. The molecule has 0 aliphatic carbocycles. The second-order valence-electron chi connectivity index (χ2n) is 7.22. The molecule has 1 aromatic carbocycles. The first-order chi connectivity index (χ1) is 14.8. The molecule has 3 rings (SSSR count). The minimum atomic E-state index is -0.306. The normalized spacial score (nSPS) is 10.8. The average molecular weight is 459 g/mol. The number of hydrogen-bond acceptors (Lipinski definition) is 6. The fourth-order valence-corrected chi connectivity index (χ4v) is 4.82. The summed E-state index contributed by atoms with van der Waals surface area (Å²) in [5, 5.41) is 3.14. The van der Waals surface area contributed by atoms with E-state index in [9.17, 15) is 18.8 Å². The Balaban J connectivity index is 1.44. The van der Waals surface area contributed by atoms with E-state index >= 15 is 0 Å². The number of Topliss-reactive ketones (excluding diaryl/α,β-unsaturated/α-hetero) is 2. The van der Waals surface area contributed by atoms with E-state index in [1.54, 1.807) is 24.3 Å². The van der Waals surface area contributed by atoms with E-state index in [-0.39, 0.29) is 49.0 Å². The molecule has 5 nitrogen and oxygen atoms in total. The summed E-state index contributed by atoms with van der Waals surface area (Å²) in [4.78, 5) is 43.2. The van der Waals surface area contributed by atoms with Crippen LogP contribution >= 0.6 is 22.7 Å². The molecule has 0 aliphatic heterocycles. The summed E-state index contributed by atoms with van der Waals surface area (Å²) < 4.78 is 13.9. The summed E-state index contributed by atoms with van der Waals surface area (Å²) in [6.07, 6.45) is 0.807. The number of nitrogens with one attached hydrogen (secondary N) is 1. The number of aryl methyl sites for hydroxylation is 2. The lowest BCUT2D eigenvalue weighted by Crippen LogP contribution is -2.13. The molecule has 1 N–H and O–H groups in total. The van der Waals surface area contributed by atoms with Crippen LogP contribution in [0.2, 0.25) is 0 Å². The molecule has 0 radical (unpaired) electrons. The number of thiophene rings is 1. The average Bonchev–Trinajstić information content (AvgIpc) is 3.31. The molecule has 0 fully saturated rings. The van der Waals surface area contributed by atoms with Crippen LogP contribution in [0.4, 0.5) is 9.52 Å². The number of nitrogens with zero attached hydrogens (tertiary/aromatic N) is 1. The number of rotatable bonds is 10. The van der Waals surface area contributed by atoms with Crippen molar-refractivity contribution in [3.63, 3.8) is 0 Å². The zero-order valence-electron chi connectivity index (χ0n) is 17.4. The van der Waals surface area contributed by atoms with Crippen LogP contribution in [0, 0.1) is 19.7 Å². The highest BCUT2D eigenvalue weighted by Gasteiger charge is 2.15. The fraction of sp³-hybridized carbons (Fsp3) is 0.304. The number of thiazole rings is 1. The van der Waals surface area contributed by atoms with Crippen LogP contribution < -0.4 is 5.32 Å². The predicted octanol–water partition coefficient (Wildman–Crippen LogP) is 5.50. The van der Waals surface area contributed by atoms with Crippen LogP contribution in [-0.4, -0.2) is 22.5 Å². The number of ketones is 2. The zero-order chi connectivity index (χ0) is 22.4. The van der Waals surface area contributed by atoms with Gasteiger partial charge in [-0.05, 0) is 37.6 Å². The van der Waals surface area contributed by atoms with Crippen LogP contribution in [0.1, 0.15) is 56.4 Å². The Morgan fingerprint density at radius 2 is 1.71 bits per heavy atom. The number of carbonyl (C=O) groups is 3. The van der Waals surface area contributed by atoms with Crippen LogP contribution in [0.3, 0.4) is 0 Å². The largest absolute Gasteiger partial charge is 0.302 e. The minimum Gasteiger partial charge on any atom is -0.302 e. The zero-order valence-corrected chi connectivity index (χ0v) is 19.0. The first-order valence-electron chi connectivity index (χ1n) is 9.92. The molecule has 8 heteroatoms. The number of benzene rings is 1. The van der Waals surface area contributed by atoms with Crippen molar-refractivity contribution in [1.29, 1.82) is 0 Å². The Kier molecular flexibility index (Phi) is 7.81. The van der Waals surface area contributed by atoms with Crippen LogP contribution in [0.25, 0.3) is 0 Å². The van der Waals surface area contributed by atoms with Crippen molar-refractivity contribution < 1.29 is 18.8 Å². The minimum absolute atomic E-state index is 0.0341. The van der Waals surface area contributed by atoms with Crippen LogP contribution in [0.15, 0.2) is 36.4 Å². The number of aromatic nitrogens is 1. The van der Waals surface area contributed by atoms with E-state index < -0.39 is 0 Å². The number of halogens is 1.